The lowest BCUT2D eigenvalue weighted by atomic mass is 9.81. The molecule has 17 heteroatoms. The van der Waals surface area contributed by atoms with Crippen LogP contribution < -0.4 is 35.3 Å². The molecule has 3 aliphatic heterocycles. The number of benzene rings is 6. The third kappa shape index (κ3) is 12.1. The van der Waals surface area contributed by atoms with Gasteiger partial charge in [-0.2, -0.15) is 0 Å². The van der Waals surface area contributed by atoms with Gasteiger partial charge in [-0.05, 0) is 172 Å². The molecule has 5 aliphatic rings. The zero-order valence-electron chi connectivity index (χ0n) is 53.3. The molecule has 91 heavy (non-hydrogen) atoms. The van der Waals surface area contributed by atoms with Gasteiger partial charge in [0.25, 0.3) is 11.8 Å². The predicted molar refractivity (Wildman–Crippen MR) is 353 cm³/mol. The first-order valence-corrected chi connectivity index (χ1v) is 31.8. The summed E-state index contributed by atoms with van der Waals surface area (Å²) in [5, 5.41) is 8.56. The van der Waals surface area contributed by atoms with E-state index in [9.17, 15) is 24.0 Å². The number of esters is 2. The van der Waals surface area contributed by atoms with E-state index in [1.165, 1.54) is 87.8 Å². The fraction of sp³-hybridized carbons (Fsp3) is 0.378. The molecule has 2 amide bonds. The van der Waals surface area contributed by atoms with Gasteiger partial charge in [-0.1, -0.05) is 50.7 Å². The molecule has 13 rings (SSSR count). The molecule has 2 aliphatic carbocycles. The molecule has 0 spiro atoms. The number of anilines is 1. The molecular formula is C74H80N6O11. The number of methoxy groups -OCH3 is 4. The number of aliphatic imine (C=N–C) groups is 1. The number of ketones is 1. The number of ether oxygens (including phenoxy) is 6. The van der Waals surface area contributed by atoms with Crippen molar-refractivity contribution in [2.75, 3.05) is 47.4 Å². The number of carbonyl (C=O) groups excluding carboxylic acids is 5. The van der Waals surface area contributed by atoms with Crippen LogP contribution in [0, 0.1) is 0 Å². The molecule has 4 N–H and O–H groups in total. The van der Waals surface area contributed by atoms with E-state index >= 15 is 0 Å². The van der Waals surface area contributed by atoms with Crippen molar-refractivity contribution in [3.8, 4) is 45.5 Å². The highest BCUT2D eigenvalue weighted by Crippen LogP contribution is 2.50. The zero-order chi connectivity index (χ0) is 63.9. The molecule has 0 atom stereocenters. The van der Waals surface area contributed by atoms with E-state index in [0.29, 0.717) is 78.1 Å². The number of nitrogens with zero attached hydrogens (tertiary/aromatic N) is 3. The fourth-order valence-corrected chi connectivity index (χ4v) is 14.1. The second kappa shape index (κ2) is 25.5. The Labute approximate surface area is 530 Å². The number of nitrogens with one attached hydrogen (secondary N) is 2. The Morgan fingerprint density at radius 3 is 1.56 bits per heavy atom. The van der Waals surface area contributed by atoms with Crippen LogP contribution in [0.5, 0.6) is 23.0 Å². The normalized spacial score (nSPS) is 15.5. The maximum absolute atomic E-state index is 13.9. The Morgan fingerprint density at radius 2 is 1.05 bits per heavy atom. The van der Waals surface area contributed by atoms with Gasteiger partial charge in [0.2, 0.25) is 0 Å². The number of carbonyl (C=O) groups is 5. The van der Waals surface area contributed by atoms with Gasteiger partial charge >= 0.3 is 11.9 Å². The maximum Gasteiger partial charge on any atom is 0.337 e. The lowest BCUT2D eigenvalue weighted by Crippen LogP contribution is -2.50. The number of nitrogens with two attached hydrogens (primary N) is 1. The van der Waals surface area contributed by atoms with Crippen molar-refractivity contribution in [3.05, 3.63) is 154 Å². The van der Waals surface area contributed by atoms with E-state index in [4.69, 9.17) is 39.1 Å². The molecule has 2 fully saturated rings. The smallest absolute Gasteiger partial charge is 0.337 e. The Hall–Kier alpha value is -9.38. The topological polar surface area (TPSA) is 213 Å². The van der Waals surface area contributed by atoms with Crippen molar-refractivity contribution in [3.63, 3.8) is 0 Å². The molecule has 17 nitrogen and oxygen atoms in total. The van der Waals surface area contributed by atoms with Gasteiger partial charge in [0.05, 0.1) is 80.8 Å². The van der Waals surface area contributed by atoms with Crippen LogP contribution >= 0.6 is 0 Å². The average molecular weight is 1230 g/mol. The number of nitrogen functional groups attached to an aromatic ring is 1. The van der Waals surface area contributed by atoms with Crippen LogP contribution in [0.4, 0.5) is 11.4 Å². The highest BCUT2D eigenvalue weighted by molar-refractivity contribution is 6.08. The summed E-state index contributed by atoms with van der Waals surface area (Å²) in [5.41, 5.74) is 18.8. The van der Waals surface area contributed by atoms with E-state index in [-0.39, 0.29) is 30.0 Å². The second-order valence-electron chi connectivity index (χ2n) is 25.6. The van der Waals surface area contributed by atoms with Crippen LogP contribution in [-0.4, -0.2) is 97.1 Å². The van der Waals surface area contributed by atoms with Crippen LogP contribution in [0.3, 0.4) is 0 Å². The van der Waals surface area contributed by atoms with E-state index < -0.39 is 17.0 Å². The molecule has 8 aromatic rings. The first-order valence-electron chi connectivity index (χ1n) is 31.8. The van der Waals surface area contributed by atoms with Gasteiger partial charge in [0.1, 0.15) is 36.2 Å². The Balaban J connectivity index is 0.000000176. The van der Waals surface area contributed by atoms with E-state index in [0.717, 1.165) is 86.0 Å². The number of Topliss-reactive ketones (excluding diaryl/α,β-unsaturated/α-hetero) is 1. The third-order valence-corrected chi connectivity index (χ3v) is 19.1. The van der Waals surface area contributed by atoms with Crippen LogP contribution in [-0.2, 0) is 40.2 Å². The molecule has 2 saturated carbocycles. The van der Waals surface area contributed by atoms with E-state index in [1.54, 1.807) is 52.3 Å². The summed E-state index contributed by atoms with van der Waals surface area (Å²) in [7, 11) is 6.00. The molecule has 2 aromatic heterocycles. The standard InChI is InChI=1S/C37H41N3O6.C37H39N3O5/c1-37(2,32(41)20-25-18-24(36(43)45-4)11-15-29(25)38)39-35(42)23-10-13-27-30(19-23)40-16-17-46-31-21-26(44-3)12-14-28(31)34(40)33(27)22-8-6-5-7-9-22;1-37(2,32-20-25-18-24(36(42)44-4)11-15-29(25)38-32)39-35(41)23-10-13-27-30(19-23)40-16-17-45-31-21-26(43-3)12-14-28(31)34(40)33(27)22-8-6-5-7-9-22/h10-15,18-19,21-22H,5-9,16-17,20,38H2,1-4H3,(H,39,42);10-15,18-19,21-22H,5-9,16-17,20H2,1-4H3,(H,39,41). The number of aromatic nitrogens is 2. The van der Waals surface area contributed by atoms with Crippen molar-refractivity contribution in [1.82, 2.24) is 19.8 Å². The third-order valence-electron chi connectivity index (χ3n) is 19.1. The number of rotatable bonds is 14. The molecule has 6 aromatic carbocycles. The minimum atomic E-state index is -1.20. The van der Waals surface area contributed by atoms with Crippen molar-refractivity contribution < 1.29 is 52.4 Å². The first-order chi connectivity index (χ1) is 43.9. The van der Waals surface area contributed by atoms with E-state index in [1.807, 2.05) is 74.5 Å². The van der Waals surface area contributed by atoms with Crippen LogP contribution in [0.1, 0.15) is 167 Å². The van der Waals surface area contributed by atoms with Gasteiger partial charge in [-0.25, -0.2) is 9.59 Å². The number of hydrogen-bond acceptors (Lipinski definition) is 13. The number of hydrogen-bond donors (Lipinski definition) is 3. The molecule has 5 heterocycles. The SMILES string of the molecule is COC(=O)c1ccc(N)c(CC(=O)C(C)(C)NC(=O)c2ccc3c(C4CCCCC4)c4n(c3c2)CCOc2cc(OC)ccc2-4)c1.COC(=O)c1ccc2c(c1)CC(C(C)(C)NC(=O)c1ccc3c(C4CCCCC4)c4n(c3c1)CCOc1cc(OC)ccc1-4)=N2. The summed E-state index contributed by atoms with van der Waals surface area (Å²) in [6.07, 6.45) is 12.5. The van der Waals surface area contributed by atoms with Gasteiger partial charge < -0.3 is 53.9 Å². The summed E-state index contributed by atoms with van der Waals surface area (Å²) in [6.45, 7) is 9.65. The minimum Gasteiger partial charge on any atom is -0.497 e. The lowest BCUT2D eigenvalue weighted by Gasteiger charge is -2.26. The average Bonchev–Trinajstić information content (AvgIpc) is 1.60. The first kappa shape index (κ1) is 61.8. The minimum absolute atomic E-state index is 0.0515. The fourth-order valence-electron chi connectivity index (χ4n) is 14.1. The van der Waals surface area contributed by atoms with Gasteiger partial charge in [0, 0.05) is 80.4 Å². The second-order valence-corrected chi connectivity index (χ2v) is 25.6. The highest BCUT2D eigenvalue weighted by Gasteiger charge is 2.36. The van der Waals surface area contributed by atoms with Crippen molar-refractivity contribution in [2.24, 2.45) is 4.99 Å². The largest absolute Gasteiger partial charge is 0.497 e. The molecule has 0 radical (unpaired) electrons. The van der Waals surface area contributed by atoms with Gasteiger partial charge in [-0.15, -0.1) is 0 Å². The van der Waals surface area contributed by atoms with Crippen LogP contribution in [0.25, 0.3) is 44.3 Å². The highest BCUT2D eigenvalue weighted by atomic mass is 16.5. The Morgan fingerprint density at radius 1 is 0.571 bits per heavy atom. The molecular weight excluding hydrogens is 1150 g/mol. The van der Waals surface area contributed by atoms with Crippen molar-refractivity contribution >= 4 is 68.4 Å². The zero-order valence-corrected chi connectivity index (χ0v) is 53.3. The molecule has 0 bridgehead atoms. The summed E-state index contributed by atoms with van der Waals surface area (Å²) in [4.78, 5) is 69.9. The number of amides is 2. The summed E-state index contributed by atoms with van der Waals surface area (Å²) >= 11 is 0. The van der Waals surface area contributed by atoms with Crippen molar-refractivity contribution in [1.29, 1.82) is 0 Å². The summed E-state index contributed by atoms with van der Waals surface area (Å²) in [6, 6.07) is 34.2. The Bertz CT molecular complexity index is 4230. The molecule has 472 valence electrons. The monoisotopic (exact) mass is 1230 g/mol. The maximum atomic E-state index is 13.9. The van der Waals surface area contributed by atoms with E-state index in [2.05, 4.69) is 44.0 Å². The summed E-state index contributed by atoms with van der Waals surface area (Å²) in [5.74, 6) is 2.42. The van der Waals surface area contributed by atoms with Crippen LogP contribution in [0.15, 0.2) is 114 Å². The molecule has 0 unspecified atom stereocenters. The van der Waals surface area contributed by atoms with Crippen molar-refractivity contribution in [2.45, 2.75) is 141 Å². The quantitative estimate of drug-likeness (QED) is 0.0685. The molecule has 0 saturated heterocycles. The Kier molecular flexibility index (Phi) is 17.3. The number of fused-ring (bicyclic) bond motifs is 11. The van der Waals surface area contributed by atoms with Gasteiger partial charge in [0.15, 0.2) is 5.78 Å². The van der Waals surface area contributed by atoms with Crippen LogP contribution in [0.2, 0.25) is 0 Å². The predicted octanol–water partition coefficient (Wildman–Crippen LogP) is 13.8. The summed E-state index contributed by atoms with van der Waals surface area (Å²) < 4.78 is 37.8. The van der Waals surface area contributed by atoms with Gasteiger partial charge in [-0.3, -0.25) is 19.4 Å². The lowest BCUT2D eigenvalue weighted by molar-refractivity contribution is -0.123.